The van der Waals surface area contributed by atoms with E-state index in [-0.39, 0.29) is 6.42 Å². The number of aliphatic carboxylic acids is 1. The van der Waals surface area contributed by atoms with Crippen molar-refractivity contribution >= 4 is 5.97 Å². The third-order valence-corrected chi connectivity index (χ3v) is 5.39. The monoisotopic (exact) mass is 391 g/mol. The molecular formula is C22H25N5O2. The van der Waals surface area contributed by atoms with Gasteiger partial charge in [0.05, 0.1) is 30.6 Å². The highest BCUT2D eigenvalue weighted by atomic mass is 16.4. The Kier molecular flexibility index (Phi) is 5.95. The summed E-state index contributed by atoms with van der Waals surface area (Å²) in [7, 11) is 0. The number of aromatic nitrogens is 4. The Morgan fingerprint density at radius 3 is 2.69 bits per heavy atom. The molecule has 3 aromatic rings. The molecule has 0 saturated carbocycles. The fourth-order valence-electron chi connectivity index (χ4n) is 3.93. The Bertz CT molecular complexity index is 949. The fraction of sp³-hybridized carbons (Fsp3) is 0.364. The maximum absolute atomic E-state index is 11.0. The van der Waals surface area contributed by atoms with Crippen LogP contribution in [0.15, 0.2) is 54.9 Å². The average molecular weight is 391 g/mol. The molecule has 0 atom stereocenters. The van der Waals surface area contributed by atoms with Gasteiger partial charge >= 0.3 is 5.97 Å². The van der Waals surface area contributed by atoms with Crippen molar-refractivity contribution in [2.75, 3.05) is 13.1 Å². The van der Waals surface area contributed by atoms with Crippen molar-refractivity contribution in [3.63, 3.8) is 0 Å². The predicted molar refractivity (Wildman–Crippen MR) is 108 cm³/mol. The fourth-order valence-corrected chi connectivity index (χ4v) is 3.93. The van der Waals surface area contributed by atoms with Crippen LogP contribution in [-0.2, 0) is 24.3 Å². The number of carboxylic acid groups (broad SMARTS) is 1. The number of piperidine rings is 1. The lowest BCUT2D eigenvalue weighted by Gasteiger charge is -2.31. The van der Waals surface area contributed by atoms with E-state index in [1.807, 2.05) is 41.2 Å². The van der Waals surface area contributed by atoms with E-state index in [2.05, 4.69) is 32.3 Å². The van der Waals surface area contributed by atoms with Gasteiger partial charge < -0.3 is 5.11 Å². The van der Waals surface area contributed by atoms with Gasteiger partial charge in [0, 0.05) is 12.7 Å². The molecule has 1 aliphatic heterocycles. The number of pyridine rings is 1. The third kappa shape index (κ3) is 5.26. The number of carboxylic acids is 1. The number of nitrogens with zero attached hydrogens (tertiary/aromatic N) is 5. The maximum Gasteiger partial charge on any atom is 0.307 e. The first kappa shape index (κ1) is 19.3. The summed E-state index contributed by atoms with van der Waals surface area (Å²) in [6.07, 6.45) is 6.00. The summed E-state index contributed by atoms with van der Waals surface area (Å²) in [6, 6.07) is 13.9. The van der Waals surface area contributed by atoms with Crippen LogP contribution in [0.3, 0.4) is 0 Å². The Hall–Kier alpha value is -3.06. The van der Waals surface area contributed by atoms with Crippen LogP contribution in [0.5, 0.6) is 0 Å². The normalized spacial score (nSPS) is 15.4. The van der Waals surface area contributed by atoms with Gasteiger partial charge in [0.2, 0.25) is 0 Å². The minimum atomic E-state index is -0.784. The standard InChI is InChI=1S/C22H25N5O2/c28-22(29)13-17-4-3-5-19(12-17)18-7-10-26(11-8-18)14-21-16-27(25-24-21)15-20-6-1-2-9-23-20/h1-6,9,12,16,18H,7-8,10-11,13-15H2,(H,28,29). The summed E-state index contributed by atoms with van der Waals surface area (Å²) < 4.78 is 1.83. The van der Waals surface area contributed by atoms with Gasteiger partial charge in [-0.1, -0.05) is 35.5 Å². The molecule has 1 saturated heterocycles. The molecule has 0 amide bonds. The van der Waals surface area contributed by atoms with E-state index in [0.717, 1.165) is 49.4 Å². The quantitative estimate of drug-likeness (QED) is 0.667. The first-order chi connectivity index (χ1) is 14.2. The lowest BCUT2D eigenvalue weighted by atomic mass is 9.88. The van der Waals surface area contributed by atoms with E-state index in [9.17, 15) is 4.79 Å². The van der Waals surface area contributed by atoms with E-state index in [0.29, 0.717) is 12.5 Å². The summed E-state index contributed by atoms with van der Waals surface area (Å²) in [5, 5.41) is 17.5. The molecule has 1 aliphatic rings. The molecule has 4 rings (SSSR count). The summed E-state index contributed by atoms with van der Waals surface area (Å²) >= 11 is 0. The molecule has 2 aromatic heterocycles. The molecule has 1 fully saturated rings. The Balaban J connectivity index is 1.30. The number of hydrogen-bond donors (Lipinski definition) is 1. The van der Waals surface area contributed by atoms with E-state index in [4.69, 9.17) is 5.11 Å². The molecular weight excluding hydrogens is 366 g/mol. The minimum Gasteiger partial charge on any atom is -0.481 e. The SMILES string of the molecule is O=C(O)Cc1cccc(C2CCN(Cc3cn(Cc4ccccn4)nn3)CC2)c1. The number of likely N-dealkylation sites (tertiary alicyclic amines) is 1. The van der Waals surface area contributed by atoms with Crippen LogP contribution in [0.25, 0.3) is 0 Å². The van der Waals surface area contributed by atoms with E-state index >= 15 is 0 Å². The van der Waals surface area contributed by atoms with Gasteiger partial charge in [0.25, 0.3) is 0 Å². The van der Waals surface area contributed by atoms with Crippen LogP contribution >= 0.6 is 0 Å². The molecule has 7 heteroatoms. The molecule has 0 spiro atoms. The van der Waals surface area contributed by atoms with Gasteiger partial charge in [-0.25, -0.2) is 4.68 Å². The van der Waals surface area contributed by atoms with E-state index in [1.165, 1.54) is 5.56 Å². The molecule has 1 N–H and O–H groups in total. The van der Waals surface area contributed by atoms with Crippen molar-refractivity contribution in [1.29, 1.82) is 0 Å². The van der Waals surface area contributed by atoms with Crippen molar-refractivity contribution in [3.8, 4) is 0 Å². The zero-order valence-corrected chi connectivity index (χ0v) is 16.3. The summed E-state index contributed by atoms with van der Waals surface area (Å²) in [4.78, 5) is 17.7. The molecule has 1 aromatic carbocycles. The molecule has 150 valence electrons. The highest BCUT2D eigenvalue weighted by Gasteiger charge is 2.21. The van der Waals surface area contributed by atoms with Crippen LogP contribution in [0.1, 0.15) is 41.3 Å². The Morgan fingerprint density at radius 2 is 1.93 bits per heavy atom. The largest absolute Gasteiger partial charge is 0.481 e. The number of rotatable bonds is 7. The Labute approximate surface area is 170 Å². The molecule has 0 radical (unpaired) electrons. The molecule has 7 nitrogen and oxygen atoms in total. The first-order valence-electron chi connectivity index (χ1n) is 9.97. The van der Waals surface area contributed by atoms with Crippen molar-refractivity contribution in [2.24, 2.45) is 0 Å². The van der Waals surface area contributed by atoms with Crippen molar-refractivity contribution in [2.45, 2.75) is 38.3 Å². The number of hydrogen-bond acceptors (Lipinski definition) is 5. The van der Waals surface area contributed by atoms with Gasteiger partial charge in [-0.05, 0) is 55.1 Å². The lowest BCUT2D eigenvalue weighted by Crippen LogP contribution is -2.32. The van der Waals surface area contributed by atoms with Crippen LogP contribution in [0.2, 0.25) is 0 Å². The molecule has 3 heterocycles. The van der Waals surface area contributed by atoms with Gasteiger partial charge in [0.1, 0.15) is 0 Å². The zero-order valence-electron chi connectivity index (χ0n) is 16.3. The van der Waals surface area contributed by atoms with Crippen LogP contribution in [-0.4, -0.2) is 49.0 Å². The third-order valence-electron chi connectivity index (χ3n) is 5.39. The minimum absolute atomic E-state index is 0.0842. The van der Waals surface area contributed by atoms with Gasteiger partial charge in [-0.15, -0.1) is 5.10 Å². The molecule has 0 unspecified atom stereocenters. The Morgan fingerprint density at radius 1 is 1.07 bits per heavy atom. The average Bonchev–Trinajstić information content (AvgIpc) is 3.16. The molecule has 29 heavy (non-hydrogen) atoms. The topological polar surface area (TPSA) is 84.1 Å². The smallest absolute Gasteiger partial charge is 0.307 e. The summed E-state index contributed by atoms with van der Waals surface area (Å²) in [5.74, 6) is -0.298. The lowest BCUT2D eigenvalue weighted by molar-refractivity contribution is -0.136. The summed E-state index contributed by atoms with van der Waals surface area (Å²) in [5.41, 5.74) is 4.07. The highest BCUT2D eigenvalue weighted by molar-refractivity contribution is 5.70. The van der Waals surface area contributed by atoms with E-state index < -0.39 is 5.97 Å². The highest BCUT2D eigenvalue weighted by Crippen LogP contribution is 2.29. The number of carbonyl (C=O) groups is 1. The van der Waals surface area contributed by atoms with Crippen molar-refractivity contribution in [1.82, 2.24) is 24.9 Å². The van der Waals surface area contributed by atoms with E-state index in [1.54, 1.807) is 6.20 Å². The second-order valence-corrected chi connectivity index (χ2v) is 7.59. The molecule has 0 bridgehead atoms. The maximum atomic E-state index is 11.0. The van der Waals surface area contributed by atoms with Crippen molar-refractivity contribution in [3.05, 3.63) is 77.4 Å². The van der Waals surface area contributed by atoms with Gasteiger partial charge in [0.15, 0.2) is 0 Å². The molecule has 0 aliphatic carbocycles. The predicted octanol–water partition coefficient (Wildman–Crippen LogP) is 2.73. The summed E-state index contributed by atoms with van der Waals surface area (Å²) in [6.45, 7) is 3.43. The van der Waals surface area contributed by atoms with Gasteiger partial charge in [-0.2, -0.15) is 0 Å². The second-order valence-electron chi connectivity index (χ2n) is 7.59. The van der Waals surface area contributed by atoms with Crippen LogP contribution in [0.4, 0.5) is 0 Å². The van der Waals surface area contributed by atoms with Crippen LogP contribution in [0, 0.1) is 0 Å². The second kappa shape index (κ2) is 8.96. The zero-order chi connectivity index (χ0) is 20.1. The van der Waals surface area contributed by atoms with Crippen LogP contribution < -0.4 is 0 Å². The van der Waals surface area contributed by atoms with Gasteiger partial charge in [-0.3, -0.25) is 14.7 Å². The number of benzene rings is 1. The first-order valence-corrected chi connectivity index (χ1v) is 9.97. The van der Waals surface area contributed by atoms with Crippen molar-refractivity contribution < 1.29 is 9.90 Å².